The van der Waals surface area contributed by atoms with Crippen LogP contribution in [0.5, 0.6) is 5.75 Å². The van der Waals surface area contributed by atoms with E-state index in [1.54, 1.807) is 25.4 Å². The third-order valence-corrected chi connectivity index (χ3v) is 6.53. The Labute approximate surface area is 202 Å². The third kappa shape index (κ3) is 4.56. The van der Waals surface area contributed by atoms with Gasteiger partial charge in [-0.1, -0.05) is 23.9 Å². The minimum absolute atomic E-state index is 0.137. The van der Waals surface area contributed by atoms with Gasteiger partial charge in [-0.2, -0.15) is 0 Å². The first kappa shape index (κ1) is 22.6. The molecule has 3 heterocycles. The lowest BCUT2D eigenvalue weighted by molar-refractivity contribution is 0.0924. The first-order chi connectivity index (χ1) is 16.7. The monoisotopic (exact) mass is 476 g/mol. The van der Waals surface area contributed by atoms with Crippen molar-refractivity contribution >= 4 is 11.8 Å². The van der Waals surface area contributed by atoms with Crippen molar-refractivity contribution in [1.82, 2.24) is 19.5 Å². The van der Waals surface area contributed by atoms with Crippen LogP contribution in [0.4, 0.5) is 4.39 Å². The molecule has 0 saturated heterocycles. The highest BCUT2D eigenvalue weighted by Crippen LogP contribution is 2.39. The molecule has 8 heteroatoms. The van der Waals surface area contributed by atoms with Gasteiger partial charge in [0.05, 0.1) is 43.4 Å². The lowest BCUT2D eigenvalue weighted by atomic mass is 10.1. The highest BCUT2D eigenvalue weighted by atomic mass is 32.2. The quantitative estimate of drug-likeness (QED) is 0.244. The van der Waals surface area contributed by atoms with E-state index in [1.807, 2.05) is 36.6 Å². The summed E-state index contributed by atoms with van der Waals surface area (Å²) in [6.45, 7) is 1.08. The molecule has 34 heavy (non-hydrogen) atoms. The SMILES string of the molecule is COc1ccc(COC[C@@H]2CCc3nc(-c4ccc(F)cc4)c(-c4ccnc(SC)n4)n32)cc1. The molecule has 2 aromatic heterocycles. The number of hydrogen-bond donors (Lipinski definition) is 0. The molecule has 0 unspecified atom stereocenters. The number of hydrogen-bond acceptors (Lipinski definition) is 6. The van der Waals surface area contributed by atoms with Gasteiger partial charge in [0, 0.05) is 18.2 Å². The van der Waals surface area contributed by atoms with Crippen molar-refractivity contribution in [1.29, 1.82) is 0 Å². The number of fused-ring (bicyclic) bond motifs is 1. The molecule has 5 rings (SSSR count). The number of methoxy groups -OCH3 is 1. The highest BCUT2D eigenvalue weighted by molar-refractivity contribution is 7.98. The Morgan fingerprint density at radius 1 is 1.06 bits per heavy atom. The molecule has 174 valence electrons. The summed E-state index contributed by atoms with van der Waals surface area (Å²) in [5, 5.41) is 0.698. The van der Waals surface area contributed by atoms with Crippen LogP contribution in [0.3, 0.4) is 0 Å². The number of imidazole rings is 1. The van der Waals surface area contributed by atoms with Gasteiger partial charge in [0.1, 0.15) is 17.4 Å². The maximum atomic E-state index is 13.6. The van der Waals surface area contributed by atoms with E-state index in [9.17, 15) is 4.39 Å². The minimum atomic E-state index is -0.270. The van der Waals surface area contributed by atoms with Crippen LogP contribution in [0.1, 0.15) is 23.9 Å². The summed E-state index contributed by atoms with van der Waals surface area (Å²) in [4.78, 5) is 14.0. The summed E-state index contributed by atoms with van der Waals surface area (Å²) < 4.78 is 27.2. The zero-order chi connectivity index (χ0) is 23.5. The first-order valence-electron chi connectivity index (χ1n) is 11.1. The van der Waals surface area contributed by atoms with Crippen LogP contribution in [-0.4, -0.2) is 39.5 Å². The Kier molecular flexibility index (Phi) is 6.60. The van der Waals surface area contributed by atoms with Crippen molar-refractivity contribution in [2.24, 2.45) is 0 Å². The number of nitrogens with zero attached hydrogens (tertiary/aromatic N) is 4. The molecule has 0 amide bonds. The van der Waals surface area contributed by atoms with E-state index in [1.165, 1.54) is 23.9 Å². The van der Waals surface area contributed by atoms with Gasteiger partial charge in [-0.25, -0.2) is 19.3 Å². The Balaban J connectivity index is 1.46. The number of rotatable bonds is 8. The van der Waals surface area contributed by atoms with Crippen molar-refractivity contribution in [3.8, 4) is 28.4 Å². The Hall–Kier alpha value is -3.23. The average molecular weight is 477 g/mol. The number of aromatic nitrogens is 4. The van der Waals surface area contributed by atoms with Crippen molar-refractivity contribution < 1.29 is 13.9 Å². The minimum Gasteiger partial charge on any atom is -0.497 e. The van der Waals surface area contributed by atoms with Gasteiger partial charge >= 0.3 is 0 Å². The summed E-state index contributed by atoms with van der Waals surface area (Å²) in [6.07, 6.45) is 5.52. The Morgan fingerprint density at radius 3 is 2.59 bits per heavy atom. The second kappa shape index (κ2) is 9.95. The number of benzene rings is 2. The van der Waals surface area contributed by atoms with E-state index < -0.39 is 0 Å². The van der Waals surface area contributed by atoms with E-state index in [2.05, 4.69) is 9.55 Å². The topological polar surface area (TPSA) is 62.1 Å². The second-order valence-corrected chi connectivity index (χ2v) is 8.86. The lowest BCUT2D eigenvalue weighted by Gasteiger charge is -2.18. The molecular formula is C26H25FN4O2S. The molecular weight excluding hydrogens is 451 g/mol. The van der Waals surface area contributed by atoms with Gasteiger partial charge in [0.25, 0.3) is 0 Å². The molecule has 1 aliphatic heterocycles. The summed E-state index contributed by atoms with van der Waals surface area (Å²) >= 11 is 1.50. The van der Waals surface area contributed by atoms with Crippen LogP contribution >= 0.6 is 11.8 Å². The fraction of sp³-hybridized carbons (Fsp3) is 0.269. The summed E-state index contributed by atoms with van der Waals surface area (Å²) in [5.41, 5.74) is 4.49. The fourth-order valence-electron chi connectivity index (χ4n) is 4.29. The predicted molar refractivity (Wildman–Crippen MR) is 130 cm³/mol. The first-order valence-corrected chi connectivity index (χ1v) is 12.3. The van der Waals surface area contributed by atoms with Crippen molar-refractivity contribution in [2.45, 2.75) is 30.6 Å². The molecule has 4 aromatic rings. The molecule has 0 saturated carbocycles. The van der Waals surface area contributed by atoms with Crippen molar-refractivity contribution in [3.63, 3.8) is 0 Å². The number of ether oxygens (including phenoxy) is 2. The summed E-state index contributed by atoms with van der Waals surface area (Å²) in [7, 11) is 1.66. The average Bonchev–Trinajstić information content (AvgIpc) is 3.45. The molecule has 0 spiro atoms. The summed E-state index contributed by atoms with van der Waals surface area (Å²) in [6, 6.07) is 16.4. The van der Waals surface area contributed by atoms with Crippen LogP contribution in [-0.2, 0) is 17.8 Å². The van der Waals surface area contributed by atoms with E-state index in [-0.39, 0.29) is 11.9 Å². The van der Waals surface area contributed by atoms with Crippen molar-refractivity contribution in [3.05, 3.63) is 78.0 Å². The number of thioether (sulfide) groups is 1. The van der Waals surface area contributed by atoms with Gasteiger partial charge < -0.3 is 14.0 Å². The lowest BCUT2D eigenvalue weighted by Crippen LogP contribution is -2.13. The van der Waals surface area contributed by atoms with Gasteiger partial charge in [0.2, 0.25) is 0 Å². The molecule has 0 radical (unpaired) electrons. The van der Waals surface area contributed by atoms with E-state index >= 15 is 0 Å². The zero-order valence-electron chi connectivity index (χ0n) is 19.1. The predicted octanol–water partition coefficient (Wildman–Crippen LogP) is 5.58. The van der Waals surface area contributed by atoms with Crippen LogP contribution in [0.2, 0.25) is 0 Å². The Bertz CT molecular complexity index is 1280. The van der Waals surface area contributed by atoms with Crippen LogP contribution < -0.4 is 4.74 Å². The zero-order valence-corrected chi connectivity index (χ0v) is 19.9. The number of aryl methyl sites for hydroxylation is 1. The van der Waals surface area contributed by atoms with Crippen LogP contribution in [0.15, 0.2) is 66.0 Å². The van der Waals surface area contributed by atoms with Crippen LogP contribution in [0.25, 0.3) is 22.6 Å². The smallest absolute Gasteiger partial charge is 0.187 e. The summed E-state index contributed by atoms with van der Waals surface area (Å²) in [5.74, 6) is 1.56. The number of halogens is 1. The molecule has 0 fully saturated rings. The van der Waals surface area contributed by atoms with Gasteiger partial charge in [-0.3, -0.25) is 0 Å². The van der Waals surface area contributed by atoms with Gasteiger partial charge in [-0.15, -0.1) is 0 Å². The largest absolute Gasteiger partial charge is 0.497 e. The molecule has 0 aliphatic carbocycles. The van der Waals surface area contributed by atoms with Gasteiger partial charge in [0.15, 0.2) is 5.16 Å². The fourth-order valence-corrected chi connectivity index (χ4v) is 4.65. The van der Waals surface area contributed by atoms with E-state index in [0.717, 1.165) is 52.6 Å². The molecule has 6 nitrogen and oxygen atoms in total. The molecule has 0 N–H and O–H groups in total. The maximum Gasteiger partial charge on any atom is 0.187 e. The molecule has 0 bridgehead atoms. The normalized spacial score (nSPS) is 14.9. The van der Waals surface area contributed by atoms with Gasteiger partial charge in [-0.05, 0) is 60.7 Å². The van der Waals surface area contributed by atoms with E-state index in [4.69, 9.17) is 19.4 Å². The van der Waals surface area contributed by atoms with Crippen molar-refractivity contribution in [2.75, 3.05) is 20.0 Å². The van der Waals surface area contributed by atoms with Crippen LogP contribution in [0, 0.1) is 5.82 Å². The second-order valence-electron chi connectivity index (χ2n) is 8.09. The molecule has 1 atom stereocenters. The highest BCUT2D eigenvalue weighted by Gasteiger charge is 2.31. The van der Waals surface area contributed by atoms with E-state index in [0.29, 0.717) is 18.4 Å². The maximum absolute atomic E-state index is 13.6. The third-order valence-electron chi connectivity index (χ3n) is 5.96. The molecule has 1 aliphatic rings. The molecule has 2 aromatic carbocycles. The Morgan fingerprint density at radius 2 is 1.85 bits per heavy atom. The standard InChI is InChI=1S/C26H25FN4O2S/c1-32-21-10-3-17(4-11-21)15-33-16-20-9-12-23-30-24(18-5-7-19(27)8-6-18)25(31(20)23)22-13-14-28-26(29-22)34-2/h3-8,10-11,13-14,20H,9,12,15-16H2,1-2H3/t20-/m0/s1.